The summed E-state index contributed by atoms with van der Waals surface area (Å²) in [7, 11) is 0. The zero-order valence-corrected chi connectivity index (χ0v) is 15.4. The van der Waals surface area contributed by atoms with Gasteiger partial charge in [-0.3, -0.25) is 14.9 Å². The average molecular weight is 442 g/mol. The molecule has 152 valence electrons. The maximum absolute atomic E-state index is 12.2. The first-order valence-electron chi connectivity index (χ1n) is 14.5. The number of nitrogens with one attached hydrogen (secondary N) is 1. The van der Waals surface area contributed by atoms with Crippen LogP contribution in [0.25, 0.3) is 0 Å². The molecule has 0 saturated carbocycles. The number of imidazole rings is 1. The highest BCUT2D eigenvalue weighted by atomic mass is 35.5. The van der Waals surface area contributed by atoms with Gasteiger partial charge in [0.05, 0.1) is 14.6 Å². The molecule has 7 nitrogen and oxygen atoms in total. The lowest BCUT2D eigenvalue weighted by Crippen LogP contribution is -2.49. The fraction of sp³-hybridized carbons (Fsp3) is 0.421. The Bertz CT molecular complexity index is 1360. The quantitative estimate of drug-likeness (QED) is 0.522. The molecule has 1 heterocycles. The summed E-state index contributed by atoms with van der Waals surface area (Å²) in [4.78, 5) is 28.0. The lowest BCUT2D eigenvalue weighted by molar-refractivity contribution is -0.142. The Balaban J connectivity index is 2.68. The molecule has 0 aliphatic carbocycles. The maximum Gasteiger partial charge on any atom is 0.321 e. The molecule has 3 atom stereocenters. The first-order chi connectivity index (χ1) is 18.8. The summed E-state index contributed by atoms with van der Waals surface area (Å²) in [6, 6.07) is -8.49. The molecule has 1 unspecified atom stereocenters. The van der Waals surface area contributed by atoms with Gasteiger partial charge in [0.25, 0.3) is 0 Å². The Labute approximate surface area is 193 Å². The van der Waals surface area contributed by atoms with Gasteiger partial charge in [-0.15, -0.1) is 0 Å². The minimum Gasteiger partial charge on any atom is -0.480 e. The van der Waals surface area contributed by atoms with Crippen molar-refractivity contribution in [1.82, 2.24) is 14.9 Å². The van der Waals surface area contributed by atoms with E-state index in [9.17, 15) is 19.8 Å². The van der Waals surface area contributed by atoms with Crippen LogP contribution in [0.3, 0.4) is 0 Å². The summed E-state index contributed by atoms with van der Waals surface area (Å²) in [5.74, 6) is -8.31. The number of carbonyl (C=O) groups is 2. The van der Waals surface area contributed by atoms with Crippen LogP contribution in [0.1, 0.15) is 50.5 Å². The van der Waals surface area contributed by atoms with Crippen molar-refractivity contribution in [2.45, 2.75) is 45.1 Å². The number of hydrogen-bond donors (Lipinski definition) is 3. The fourth-order valence-electron chi connectivity index (χ4n) is 2.03. The normalized spacial score (nSPS) is 25.5. The van der Waals surface area contributed by atoms with Crippen LogP contribution in [-0.2, 0) is 22.5 Å². The van der Waals surface area contributed by atoms with Gasteiger partial charge in [-0.1, -0.05) is 36.9 Å². The summed E-state index contributed by atoms with van der Waals surface area (Å²) in [5.41, 5.74) is -1.14. The van der Waals surface area contributed by atoms with Crippen molar-refractivity contribution in [3.8, 4) is 0 Å². The van der Waals surface area contributed by atoms with E-state index in [1.807, 2.05) is 0 Å². The van der Waals surface area contributed by atoms with E-state index in [4.69, 9.17) is 42.4 Å². The molecule has 28 heavy (non-hydrogen) atoms. The van der Waals surface area contributed by atoms with Crippen LogP contribution in [0.5, 0.6) is 0 Å². The molecule has 2 rings (SSSR count). The summed E-state index contributed by atoms with van der Waals surface area (Å²) >= 11 is 11.8. The Hall–Kier alpha value is -2.09. The molecule has 1 aromatic heterocycles. The molecule has 2 aromatic rings. The second-order valence-electron chi connectivity index (χ2n) is 5.20. The number of hydrogen-bond acceptors (Lipinski definition) is 4. The van der Waals surface area contributed by atoms with Crippen molar-refractivity contribution in [3.05, 3.63) is 52.0 Å². The number of nitrogens with zero attached hydrogens (tertiary/aromatic N) is 2. The van der Waals surface area contributed by atoms with Gasteiger partial charge in [-0.05, 0) is 36.0 Å². The van der Waals surface area contributed by atoms with Crippen LogP contribution in [0, 0.1) is 5.89 Å². The molecule has 0 saturated heterocycles. The second-order valence-corrected chi connectivity index (χ2v) is 5.96. The third-order valence-electron chi connectivity index (χ3n) is 3.14. The molecule has 9 heteroatoms. The van der Waals surface area contributed by atoms with Crippen LogP contribution in [0.2, 0.25) is 10.0 Å². The van der Waals surface area contributed by atoms with E-state index >= 15 is 0 Å². The lowest BCUT2D eigenvalue weighted by Gasteiger charge is -2.22. The summed E-state index contributed by atoms with van der Waals surface area (Å²) in [6.07, 6.45) is -3.39. The van der Waals surface area contributed by atoms with Gasteiger partial charge in [0.1, 0.15) is 12.1 Å². The highest BCUT2D eigenvalue weighted by Crippen LogP contribution is 2.20. The van der Waals surface area contributed by atoms with Gasteiger partial charge < -0.3 is 14.8 Å². The van der Waals surface area contributed by atoms with Crippen molar-refractivity contribution in [2.24, 2.45) is 5.89 Å². The zero-order valence-electron chi connectivity index (χ0n) is 27.9. The molecule has 0 aliphatic heterocycles. The van der Waals surface area contributed by atoms with E-state index in [-0.39, 0.29) is 5.69 Å². The molecule has 0 amide bonds. The van der Waals surface area contributed by atoms with Crippen molar-refractivity contribution < 1.29 is 39.0 Å². The topological polar surface area (TPSA) is 104 Å². The monoisotopic (exact) mass is 441 g/mol. The predicted molar refractivity (Wildman–Crippen MR) is 107 cm³/mol. The Morgan fingerprint density at radius 2 is 2.07 bits per heavy atom. The molecule has 0 aliphatic rings. The number of halogens is 2. The lowest BCUT2D eigenvalue weighted by atomic mass is 10.0. The van der Waals surface area contributed by atoms with E-state index in [0.29, 0.717) is 4.57 Å². The molecule has 0 bridgehead atoms. The van der Waals surface area contributed by atoms with Gasteiger partial charge >= 0.3 is 11.9 Å². The number of carboxylic acids is 2. The minimum atomic E-state index is -4.13. The first kappa shape index (κ1) is 9.61. The van der Waals surface area contributed by atoms with Crippen LogP contribution in [-0.4, -0.2) is 43.8 Å². The number of benzene rings is 1. The van der Waals surface area contributed by atoms with Gasteiger partial charge in [0.15, 0.2) is 0 Å². The summed E-state index contributed by atoms with van der Waals surface area (Å²) in [5, 5.41) is 20.1. The maximum atomic E-state index is 12.2. The predicted octanol–water partition coefficient (Wildman–Crippen LogP) is 3.32. The van der Waals surface area contributed by atoms with Gasteiger partial charge in [-0.2, -0.15) is 0 Å². The van der Waals surface area contributed by atoms with Crippen LogP contribution in [0.4, 0.5) is 0 Å². The Morgan fingerprint density at radius 1 is 1.36 bits per heavy atom. The Morgan fingerprint density at radius 3 is 2.64 bits per heavy atom. The summed E-state index contributed by atoms with van der Waals surface area (Å²) < 4.78 is 112. The Kier molecular flexibility index (Phi) is 3.40. The number of aliphatic carboxylic acids is 2. The molecular formula is C19H23Cl2N3O4. The molecule has 3 N–H and O–H groups in total. The van der Waals surface area contributed by atoms with E-state index in [1.165, 1.54) is 0 Å². The van der Waals surface area contributed by atoms with Crippen molar-refractivity contribution in [1.29, 1.82) is 0 Å². The highest BCUT2D eigenvalue weighted by Gasteiger charge is 2.27. The minimum absolute atomic E-state index is 0.388. The first-order valence-corrected chi connectivity index (χ1v) is 8.13. The molecule has 0 fully saturated rings. The van der Waals surface area contributed by atoms with E-state index in [0.717, 1.165) is 12.5 Å². The fourth-order valence-corrected chi connectivity index (χ4v) is 2.46. The molecule has 0 spiro atoms. The third-order valence-corrected chi connectivity index (χ3v) is 3.52. The number of rotatable bonds is 10. The summed E-state index contributed by atoms with van der Waals surface area (Å²) in [6.45, 7) is -9.64. The van der Waals surface area contributed by atoms with Crippen molar-refractivity contribution in [3.63, 3.8) is 0 Å². The van der Waals surface area contributed by atoms with Gasteiger partial charge in [0, 0.05) is 45.8 Å². The molecule has 1 aromatic carbocycles. The standard InChI is InChI=1S/C19H23Cl2N3O4/c1-11(2)3-16(18(25)26)23-17(19(27)28)7-15-8-22-10-24(15)9-12-4-13(20)6-14(21)5-12/h4-6,8,10-11,16-17,23H,3,7,9H2,1-2H3,(H,25,26)(H,27,28)/t16-,17-/m0/s1/i1D2,2D3,3D2,4D,5D,6D,9D2,11D,16D/t11?,16-,17-. The van der Waals surface area contributed by atoms with Gasteiger partial charge in [-0.25, -0.2) is 4.98 Å². The van der Waals surface area contributed by atoms with Crippen LogP contribution in [0.15, 0.2) is 30.7 Å². The molecule has 0 radical (unpaired) electrons. The number of carboxylic acid groups (broad SMARTS) is 2. The van der Waals surface area contributed by atoms with Crippen LogP contribution >= 0.6 is 23.2 Å². The molecular weight excluding hydrogens is 405 g/mol. The second kappa shape index (κ2) is 9.91. The number of aromatic nitrogens is 2. The largest absolute Gasteiger partial charge is 0.480 e. The van der Waals surface area contributed by atoms with Crippen LogP contribution < -0.4 is 5.32 Å². The van der Waals surface area contributed by atoms with Crippen molar-refractivity contribution in [2.75, 3.05) is 0 Å². The van der Waals surface area contributed by atoms with E-state index in [1.54, 1.807) is 5.32 Å². The SMILES string of the molecule is [2H]c1c(Cl)c([2H])c(C([2H])([2H])n2cncc2C[C@H](N[C@]([2H])(C(=O)O)C([2H])([2H])C([2H])(C([2H])[2H])C([2H])([2H])[2H])C(=O)O)c([2H])c1Cl. The van der Waals surface area contributed by atoms with Gasteiger partial charge in [0.2, 0.25) is 0 Å². The third kappa shape index (κ3) is 6.51. The van der Waals surface area contributed by atoms with Crippen molar-refractivity contribution >= 4 is 35.1 Å². The smallest absolute Gasteiger partial charge is 0.321 e. The highest BCUT2D eigenvalue weighted by molar-refractivity contribution is 6.34. The van der Waals surface area contributed by atoms with E-state index in [2.05, 4.69) is 4.98 Å². The average Bonchev–Trinajstić information content (AvgIpc) is 3.33. The zero-order chi connectivity index (χ0) is 33.0. The van der Waals surface area contributed by atoms with E-state index < -0.39 is 96.6 Å².